The minimum absolute atomic E-state index is 0.257. The van der Waals surface area contributed by atoms with E-state index in [9.17, 15) is 19.4 Å². The molecule has 0 amide bonds. The summed E-state index contributed by atoms with van der Waals surface area (Å²) >= 11 is 2.07. The van der Waals surface area contributed by atoms with E-state index in [-0.39, 0.29) is 6.42 Å². The molecule has 8 heteroatoms. The van der Waals surface area contributed by atoms with Crippen molar-refractivity contribution in [3.05, 3.63) is 35.5 Å². The smallest absolute Gasteiger partial charge is 0.309 e. The molecule has 0 spiro atoms. The van der Waals surface area contributed by atoms with E-state index in [0.717, 1.165) is 30.6 Å². The summed E-state index contributed by atoms with van der Waals surface area (Å²) in [5.74, 6) is 0.912. The molecule has 2 heterocycles. The average Bonchev–Trinajstić information content (AvgIpc) is 3.40. The number of nitrogens with zero attached hydrogens (tertiary/aromatic N) is 2. The molecule has 2 aliphatic rings. The maximum absolute atomic E-state index is 13.8. The van der Waals surface area contributed by atoms with Gasteiger partial charge in [-0.05, 0) is 75.4 Å². The Kier molecular flexibility index (Phi) is 8.89. The molecule has 0 bridgehead atoms. The van der Waals surface area contributed by atoms with Crippen molar-refractivity contribution >= 4 is 28.6 Å². The molecular weight excluding hydrogens is 467 g/mol. The summed E-state index contributed by atoms with van der Waals surface area (Å²) in [4.78, 5) is 19.0. The number of methoxy groups -OCH3 is 1. The van der Waals surface area contributed by atoms with Crippen LogP contribution in [0.2, 0.25) is 0 Å². The first-order valence-corrected chi connectivity index (χ1v) is 13.8. The fourth-order valence-electron chi connectivity index (χ4n) is 5.60. The predicted molar refractivity (Wildman–Crippen MR) is 138 cm³/mol. The van der Waals surface area contributed by atoms with Gasteiger partial charge in [-0.25, -0.2) is 4.39 Å². The Morgan fingerprint density at radius 1 is 1.31 bits per heavy atom. The van der Waals surface area contributed by atoms with Crippen molar-refractivity contribution in [2.45, 2.75) is 69.4 Å². The van der Waals surface area contributed by atoms with Gasteiger partial charge in [0.05, 0.1) is 24.1 Å². The molecule has 1 aliphatic carbocycles. The number of carboxylic acids is 1. The van der Waals surface area contributed by atoms with Crippen molar-refractivity contribution in [1.82, 2.24) is 9.88 Å². The maximum atomic E-state index is 13.8. The number of likely N-dealkylation sites (tertiary alicyclic amines) is 1. The van der Waals surface area contributed by atoms with E-state index in [1.807, 2.05) is 0 Å². The van der Waals surface area contributed by atoms with Gasteiger partial charge >= 0.3 is 5.97 Å². The van der Waals surface area contributed by atoms with E-state index in [4.69, 9.17) is 4.74 Å². The van der Waals surface area contributed by atoms with Crippen LogP contribution in [0.15, 0.2) is 24.4 Å². The number of pyridine rings is 1. The molecule has 192 valence electrons. The Hall–Kier alpha value is -1.90. The lowest BCUT2D eigenvalue weighted by Gasteiger charge is -2.39. The zero-order valence-corrected chi connectivity index (χ0v) is 21.4. The molecule has 35 heavy (non-hydrogen) atoms. The van der Waals surface area contributed by atoms with E-state index >= 15 is 0 Å². The Labute approximate surface area is 211 Å². The van der Waals surface area contributed by atoms with Gasteiger partial charge in [-0.3, -0.25) is 9.78 Å². The Morgan fingerprint density at radius 2 is 2.06 bits per heavy atom. The van der Waals surface area contributed by atoms with Crippen molar-refractivity contribution in [3.8, 4) is 5.75 Å². The van der Waals surface area contributed by atoms with Crippen LogP contribution < -0.4 is 4.74 Å². The van der Waals surface area contributed by atoms with E-state index in [0.29, 0.717) is 47.0 Å². The number of ether oxygens (including phenoxy) is 1. The first kappa shape index (κ1) is 26.2. The summed E-state index contributed by atoms with van der Waals surface area (Å²) in [6, 6.07) is 5.32. The SMILES string of the molecule is COc1ccc2ncc(CF)c([C@H](O)CCC3(C(=O)O)CCN(CCSC4CCCC4)CC3)c2c1. The highest BCUT2D eigenvalue weighted by Gasteiger charge is 2.41. The molecule has 2 fully saturated rings. The van der Waals surface area contributed by atoms with E-state index < -0.39 is 24.2 Å². The number of alkyl halides is 1. The zero-order chi connectivity index (χ0) is 24.8. The van der Waals surface area contributed by atoms with Crippen LogP contribution in [-0.2, 0) is 11.5 Å². The molecule has 1 saturated carbocycles. The van der Waals surface area contributed by atoms with Gasteiger partial charge in [0.15, 0.2) is 0 Å². The molecule has 6 nitrogen and oxygen atoms in total. The highest BCUT2D eigenvalue weighted by molar-refractivity contribution is 7.99. The number of aliphatic hydroxyl groups excluding tert-OH is 1. The third-order valence-electron chi connectivity index (χ3n) is 7.90. The summed E-state index contributed by atoms with van der Waals surface area (Å²) in [6.07, 6.45) is 7.61. The first-order valence-electron chi connectivity index (χ1n) is 12.7. The second-order valence-corrected chi connectivity index (χ2v) is 11.4. The van der Waals surface area contributed by atoms with Gasteiger partial charge in [0.1, 0.15) is 12.4 Å². The number of halogens is 1. The molecule has 1 saturated heterocycles. The number of fused-ring (bicyclic) bond motifs is 1. The third kappa shape index (κ3) is 6.09. The number of aromatic nitrogens is 1. The van der Waals surface area contributed by atoms with Gasteiger partial charge in [0, 0.05) is 34.7 Å². The summed E-state index contributed by atoms with van der Waals surface area (Å²) in [5, 5.41) is 22.7. The van der Waals surface area contributed by atoms with Crippen LogP contribution in [0.25, 0.3) is 10.9 Å². The van der Waals surface area contributed by atoms with Gasteiger partial charge in [-0.1, -0.05) is 12.8 Å². The lowest BCUT2D eigenvalue weighted by Crippen LogP contribution is -2.45. The minimum Gasteiger partial charge on any atom is -0.497 e. The molecule has 4 rings (SSSR count). The normalized spacial score (nSPS) is 19.7. The highest BCUT2D eigenvalue weighted by atomic mass is 32.2. The fraction of sp³-hybridized carbons (Fsp3) is 0.630. The number of aliphatic carboxylic acids is 1. The second kappa shape index (κ2) is 11.9. The van der Waals surface area contributed by atoms with Crippen LogP contribution >= 0.6 is 11.8 Å². The predicted octanol–water partition coefficient (Wildman–Crippen LogP) is 5.37. The molecule has 0 radical (unpaired) electrons. The van der Waals surface area contributed by atoms with Gasteiger partial charge in [-0.15, -0.1) is 0 Å². The quantitative estimate of drug-likeness (QED) is 0.426. The summed E-state index contributed by atoms with van der Waals surface area (Å²) in [7, 11) is 1.56. The number of carbonyl (C=O) groups is 1. The lowest BCUT2D eigenvalue weighted by molar-refractivity contribution is -0.153. The van der Waals surface area contributed by atoms with E-state index in [1.54, 1.807) is 25.3 Å². The molecule has 2 aromatic rings. The van der Waals surface area contributed by atoms with Crippen molar-refractivity contribution < 1.29 is 24.1 Å². The first-order chi connectivity index (χ1) is 17.0. The topological polar surface area (TPSA) is 82.9 Å². The van der Waals surface area contributed by atoms with E-state index in [2.05, 4.69) is 21.6 Å². The van der Waals surface area contributed by atoms with Gasteiger partial charge in [0.2, 0.25) is 0 Å². The zero-order valence-electron chi connectivity index (χ0n) is 20.5. The van der Waals surface area contributed by atoms with Gasteiger partial charge in [0.25, 0.3) is 0 Å². The van der Waals surface area contributed by atoms with Gasteiger partial charge < -0.3 is 19.8 Å². The fourth-order valence-corrected chi connectivity index (χ4v) is 6.96. The van der Waals surface area contributed by atoms with Crippen LogP contribution in [0.4, 0.5) is 4.39 Å². The molecule has 1 aromatic carbocycles. The second-order valence-electron chi connectivity index (χ2n) is 9.97. The van der Waals surface area contributed by atoms with Crippen LogP contribution in [-0.4, -0.2) is 63.8 Å². The van der Waals surface area contributed by atoms with Crippen LogP contribution in [0.5, 0.6) is 5.75 Å². The number of carboxylic acid groups (broad SMARTS) is 1. The monoisotopic (exact) mass is 504 g/mol. The Balaban J connectivity index is 1.40. The molecule has 0 unspecified atom stereocenters. The number of thioether (sulfide) groups is 1. The largest absolute Gasteiger partial charge is 0.497 e. The average molecular weight is 505 g/mol. The standard InChI is InChI=1S/C27H37FN2O4S/c1-34-20-6-7-23-22(16-20)25(19(17-28)18-29-23)24(31)8-9-27(26(32)33)10-12-30(13-11-27)14-15-35-21-4-2-3-5-21/h6-7,16,18,21,24,31H,2-5,8-15,17H2,1H3,(H,32,33)/t24-/m1/s1. The number of benzene rings is 1. The van der Waals surface area contributed by atoms with Gasteiger partial charge in [-0.2, -0.15) is 11.8 Å². The summed E-state index contributed by atoms with van der Waals surface area (Å²) in [6.45, 7) is 1.78. The van der Waals surface area contributed by atoms with Crippen molar-refractivity contribution in [2.24, 2.45) is 5.41 Å². The molecule has 1 aromatic heterocycles. The number of rotatable bonds is 11. The molecule has 1 atom stereocenters. The number of hydrogen-bond donors (Lipinski definition) is 2. The molecule has 2 N–H and O–H groups in total. The maximum Gasteiger partial charge on any atom is 0.309 e. The Morgan fingerprint density at radius 3 is 2.71 bits per heavy atom. The third-order valence-corrected chi connectivity index (χ3v) is 9.26. The summed E-state index contributed by atoms with van der Waals surface area (Å²) < 4.78 is 19.1. The van der Waals surface area contributed by atoms with Crippen LogP contribution in [0.1, 0.15) is 68.6 Å². The number of piperidine rings is 1. The van der Waals surface area contributed by atoms with Crippen molar-refractivity contribution in [3.63, 3.8) is 0 Å². The number of aliphatic hydroxyl groups is 1. The van der Waals surface area contributed by atoms with Crippen LogP contribution in [0.3, 0.4) is 0 Å². The lowest BCUT2D eigenvalue weighted by atomic mass is 9.74. The van der Waals surface area contributed by atoms with E-state index in [1.165, 1.54) is 31.9 Å². The highest BCUT2D eigenvalue weighted by Crippen LogP contribution is 2.40. The minimum atomic E-state index is -0.976. The number of hydrogen-bond acceptors (Lipinski definition) is 6. The molecular formula is C27H37FN2O4S. The summed E-state index contributed by atoms with van der Waals surface area (Å²) in [5.41, 5.74) is 0.608. The Bertz CT molecular complexity index is 1000. The van der Waals surface area contributed by atoms with Crippen molar-refractivity contribution in [2.75, 3.05) is 32.5 Å². The molecule has 1 aliphatic heterocycles. The van der Waals surface area contributed by atoms with Crippen LogP contribution in [0, 0.1) is 5.41 Å². The van der Waals surface area contributed by atoms with Crippen molar-refractivity contribution in [1.29, 1.82) is 0 Å².